The van der Waals surface area contributed by atoms with Gasteiger partial charge in [-0.1, -0.05) is 31.2 Å². The summed E-state index contributed by atoms with van der Waals surface area (Å²) in [7, 11) is 1.65. The molecule has 27 heavy (non-hydrogen) atoms. The molecule has 2 aromatic carbocycles. The molecule has 3 N–H and O–H groups in total. The van der Waals surface area contributed by atoms with Crippen LogP contribution >= 0.6 is 0 Å². The minimum absolute atomic E-state index is 0.0146. The van der Waals surface area contributed by atoms with Crippen molar-refractivity contribution in [1.82, 2.24) is 16.2 Å². The molecule has 0 saturated carbocycles. The summed E-state index contributed by atoms with van der Waals surface area (Å²) in [6, 6.07) is 15.5. The molecule has 1 saturated heterocycles. The maximum atomic E-state index is 12.5. The minimum Gasteiger partial charge on any atom is -0.497 e. The fraction of sp³-hybridized carbons (Fsp3) is 0.381. The van der Waals surface area contributed by atoms with Crippen LogP contribution in [0.4, 0.5) is 0 Å². The summed E-state index contributed by atoms with van der Waals surface area (Å²) < 4.78 is 10.8. The Balaban J connectivity index is 1.49. The van der Waals surface area contributed by atoms with E-state index in [-0.39, 0.29) is 18.0 Å². The minimum atomic E-state index is -0.270. The zero-order valence-corrected chi connectivity index (χ0v) is 15.8. The van der Waals surface area contributed by atoms with E-state index in [0.717, 1.165) is 29.0 Å². The topological polar surface area (TPSA) is 71.6 Å². The summed E-state index contributed by atoms with van der Waals surface area (Å²) in [4.78, 5) is 12.5. The van der Waals surface area contributed by atoms with E-state index in [1.54, 1.807) is 7.11 Å². The maximum absolute atomic E-state index is 12.5. The summed E-state index contributed by atoms with van der Waals surface area (Å²) >= 11 is 0. The van der Waals surface area contributed by atoms with E-state index in [2.05, 4.69) is 23.1 Å². The molecule has 6 heteroatoms. The molecule has 1 aliphatic heterocycles. The number of hydrogen-bond acceptors (Lipinski definition) is 5. The predicted octanol–water partition coefficient (Wildman–Crippen LogP) is 2.71. The second-order valence-corrected chi connectivity index (χ2v) is 6.62. The van der Waals surface area contributed by atoms with E-state index >= 15 is 0 Å². The third-order valence-electron chi connectivity index (χ3n) is 4.58. The molecular formula is C21H27N3O3. The van der Waals surface area contributed by atoms with Gasteiger partial charge in [-0.05, 0) is 48.2 Å². The number of carbonyl (C=O) groups is 1. The highest BCUT2D eigenvalue weighted by molar-refractivity contribution is 5.82. The van der Waals surface area contributed by atoms with Gasteiger partial charge in [-0.25, -0.2) is 10.9 Å². The highest BCUT2D eigenvalue weighted by Crippen LogP contribution is 2.25. The van der Waals surface area contributed by atoms with Crippen LogP contribution in [0.3, 0.4) is 0 Å². The van der Waals surface area contributed by atoms with Gasteiger partial charge in [-0.2, -0.15) is 0 Å². The van der Waals surface area contributed by atoms with Crippen molar-refractivity contribution in [2.75, 3.05) is 13.7 Å². The van der Waals surface area contributed by atoms with Crippen LogP contribution in [0.5, 0.6) is 11.5 Å². The molecule has 1 amide bonds. The molecular weight excluding hydrogens is 342 g/mol. The SMILES string of the molecule is CCCOc1ccc(CNC(=O)C2CC(c3cccc(OC)c3)NN2)cc1. The fourth-order valence-corrected chi connectivity index (χ4v) is 3.04. The molecule has 2 aromatic rings. The molecule has 0 aliphatic carbocycles. The molecule has 0 aromatic heterocycles. The van der Waals surface area contributed by atoms with Crippen LogP contribution in [-0.2, 0) is 11.3 Å². The zero-order chi connectivity index (χ0) is 19.1. The smallest absolute Gasteiger partial charge is 0.238 e. The number of methoxy groups -OCH3 is 1. The van der Waals surface area contributed by atoms with Gasteiger partial charge in [0.2, 0.25) is 5.91 Å². The summed E-state index contributed by atoms with van der Waals surface area (Å²) in [6.07, 6.45) is 1.67. The lowest BCUT2D eigenvalue weighted by Crippen LogP contribution is -2.42. The number of benzene rings is 2. The molecule has 6 nitrogen and oxygen atoms in total. The lowest BCUT2D eigenvalue weighted by Gasteiger charge is -2.12. The van der Waals surface area contributed by atoms with Crippen molar-refractivity contribution in [3.8, 4) is 11.5 Å². The number of hydrogen-bond donors (Lipinski definition) is 3. The molecule has 1 aliphatic rings. The van der Waals surface area contributed by atoms with Gasteiger partial charge in [-0.15, -0.1) is 0 Å². The molecule has 3 rings (SSSR count). The van der Waals surface area contributed by atoms with E-state index in [1.807, 2.05) is 48.5 Å². The third-order valence-corrected chi connectivity index (χ3v) is 4.58. The van der Waals surface area contributed by atoms with Crippen LogP contribution in [0.25, 0.3) is 0 Å². The summed E-state index contributed by atoms with van der Waals surface area (Å²) in [6.45, 7) is 3.29. The predicted molar refractivity (Wildman–Crippen MR) is 104 cm³/mol. The largest absolute Gasteiger partial charge is 0.497 e. The van der Waals surface area contributed by atoms with Crippen molar-refractivity contribution in [3.05, 3.63) is 59.7 Å². The van der Waals surface area contributed by atoms with Crippen molar-refractivity contribution >= 4 is 5.91 Å². The van der Waals surface area contributed by atoms with Crippen molar-refractivity contribution in [2.24, 2.45) is 0 Å². The van der Waals surface area contributed by atoms with Gasteiger partial charge in [0.05, 0.1) is 13.7 Å². The van der Waals surface area contributed by atoms with E-state index in [4.69, 9.17) is 9.47 Å². The Morgan fingerprint density at radius 3 is 2.70 bits per heavy atom. The normalized spacial score (nSPS) is 18.9. The van der Waals surface area contributed by atoms with Gasteiger partial charge in [0.25, 0.3) is 0 Å². The van der Waals surface area contributed by atoms with Crippen LogP contribution in [0.1, 0.15) is 36.9 Å². The van der Waals surface area contributed by atoms with Crippen LogP contribution in [-0.4, -0.2) is 25.7 Å². The maximum Gasteiger partial charge on any atom is 0.238 e. The molecule has 0 spiro atoms. The van der Waals surface area contributed by atoms with Crippen LogP contribution in [0.2, 0.25) is 0 Å². The Morgan fingerprint density at radius 2 is 1.96 bits per heavy atom. The first-order valence-corrected chi connectivity index (χ1v) is 9.34. The van der Waals surface area contributed by atoms with Gasteiger partial charge in [0.1, 0.15) is 17.5 Å². The van der Waals surface area contributed by atoms with Gasteiger partial charge in [-0.3, -0.25) is 4.79 Å². The monoisotopic (exact) mass is 369 g/mol. The molecule has 0 bridgehead atoms. The molecule has 2 atom stereocenters. The Bertz CT molecular complexity index is 749. The van der Waals surface area contributed by atoms with E-state index in [0.29, 0.717) is 19.6 Å². The highest BCUT2D eigenvalue weighted by atomic mass is 16.5. The lowest BCUT2D eigenvalue weighted by molar-refractivity contribution is -0.123. The molecule has 1 heterocycles. The fourth-order valence-electron chi connectivity index (χ4n) is 3.04. The number of hydrazine groups is 1. The van der Waals surface area contributed by atoms with Crippen LogP contribution in [0.15, 0.2) is 48.5 Å². The van der Waals surface area contributed by atoms with Crippen LogP contribution < -0.4 is 25.6 Å². The summed E-state index contributed by atoms with van der Waals surface area (Å²) in [5.41, 5.74) is 8.43. The van der Waals surface area contributed by atoms with E-state index in [9.17, 15) is 4.79 Å². The average molecular weight is 369 g/mol. The first-order valence-electron chi connectivity index (χ1n) is 9.34. The average Bonchev–Trinajstić information content (AvgIpc) is 3.21. The highest BCUT2D eigenvalue weighted by Gasteiger charge is 2.30. The van der Waals surface area contributed by atoms with Gasteiger partial charge in [0, 0.05) is 12.6 Å². The standard InChI is InChI=1S/C21H27N3O3/c1-3-11-27-17-9-7-15(8-10-17)14-22-21(25)20-13-19(23-24-20)16-5-4-6-18(12-16)26-2/h4-10,12,19-20,23-24H,3,11,13-14H2,1-2H3,(H,22,25). The van der Waals surface area contributed by atoms with Gasteiger partial charge in [0.15, 0.2) is 0 Å². The molecule has 0 radical (unpaired) electrons. The first-order chi connectivity index (χ1) is 13.2. The van der Waals surface area contributed by atoms with Crippen molar-refractivity contribution in [3.63, 3.8) is 0 Å². The Kier molecular flexibility index (Phi) is 6.68. The lowest BCUT2D eigenvalue weighted by atomic mass is 10.0. The van der Waals surface area contributed by atoms with Crippen LogP contribution in [0, 0.1) is 0 Å². The second kappa shape index (κ2) is 9.39. The van der Waals surface area contributed by atoms with E-state index < -0.39 is 0 Å². The molecule has 144 valence electrons. The first kappa shape index (κ1) is 19.2. The van der Waals surface area contributed by atoms with E-state index in [1.165, 1.54) is 0 Å². The Hall–Kier alpha value is -2.57. The Morgan fingerprint density at radius 1 is 1.15 bits per heavy atom. The molecule has 2 unspecified atom stereocenters. The molecule has 1 fully saturated rings. The number of carbonyl (C=O) groups excluding carboxylic acids is 1. The van der Waals surface area contributed by atoms with Gasteiger partial charge < -0.3 is 14.8 Å². The number of nitrogens with one attached hydrogen (secondary N) is 3. The summed E-state index contributed by atoms with van der Waals surface area (Å²) in [5, 5.41) is 2.99. The number of ether oxygens (including phenoxy) is 2. The Labute approximate surface area is 160 Å². The number of amides is 1. The van der Waals surface area contributed by atoms with Gasteiger partial charge >= 0.3 is 0 Å². The number of rotatable bonds is 8. The quantitative estimate of drug-likeness (QED) is 0.667. The van der Waals surface area contributed by atoms with Crippen molar-refractivity contribution < 1.29 is 14.3 Å². The zero-order valence-electron chi connectivity index (χ0n) is 15.8. The second-order valence-electron chi connectivity index (χ2n) is 6.62. The summed E-state index contributed by atoms with van der Waals surface area (Å²) in [5.74, 6) is 1.66. The third kappa shape index (κ3) is 5.21. The van der Waals surface area contributed by atoms with Crippen molar-refractivity contribution in [1.29, 1.82) is 0 Å². The van der Waals surface area contributed by atoms with Crippen molar-refractivity contribution in [2.45, 2.75) is 38.4 Å².